The Labute approximate surface area is 84.2 Å². The molecule has 1 rings (SSSR count). The molecule has 0 bridgehead atoms. The second-order valence-electron chi connectivity index (χ2n) is 3.11. The minimum absolute atomic E-state index is 0.500. The lowest BCUT2D eigenvalue weighted by atomic mass is 10.1. The second-order valence-corrected chi connectivity index (χ2v) is 3.69. The van der Waals surface area contributed by atoms with Gasteiger partial charge < -0.3 is 4.84 Å². The van der Waals surface area contributed by atoms with Gasteiger partial charge in [-0.3, -0.25) is 0 Å². The van der Waals surface area contributed by atoms with Crippen molar-refractivity contribution in [3.8, 4) is 5.75 Å². The molecule has 1 aromatic rings. The van der Waals surface area contributed by atoms with Gasteiger partial charge in [0.05, 0.1) is 0 Å². The van der Waals surface area contributed by atoms with Gasteiger partial charge in [0.25, 0.3) is 0 Å². The van der Waals surface area contributed by atoms with Gasteiger partial charge >= 0.3 is 10.5 Å². The lowest BCUT2D eigenvalue weighted by molar-refractivity contribution is 0.341. The molecule has 0 spiro atoms. The van der Waals surface area contributed by atoms with E-state index < -0.39 is 10.5 Å². The molecule has 4 nitrogen and oxygen atoms in total. The van der Waals surface area contributed by atoms with Crippen LogP contribution in [0.25, 0.3) is 0 Å². The van der Waals surface area contributed by atoms with Crippen LogP contribution in [-0.2, 0) is 10.5 Å². The van der Waals surface area contributed by atoms with Crippen molar-refractivity contribution in [2.45, 2.75) is 20.8 Å². The average molecular weight is 213 g/mol. The normalized spacial score (nSPS) is 9.64. The molecule has 0 aliphatic heterocycles. The molecule has 0 aromatic heterocycles. The van der Waals surface area contributed by atoms with Crippen molar-refractivity contribution in [3.63, 3.8) is 0 Å². The minimum atomic E-state index is -2.54. The highest BCUT2D eigenvalue weighted by molar-refractivity contribution is 7.61. The topological polar surface area (TPSA) is 55.7 Å². The zero-order valence-electron chi connectivity index (χ0n) is 8.23. The Balaban J connectivity index is 3.15. The molecule has 5 heteroatoms. The van der Waals surface area contributed by atoms with Gasteiger partial charge in [-0.05, 0) is 31.9 Å². The Hall–Kier alpha value is -1.36. The average Bonchev–Trinajstić information content (AvgIpc) is 2.01. The summed E-state index contributed by atoms with van der Waals surface area (Å²) in [7, 11) is -2.54. The summed E-state index contributed by atoms with van der Waals surface area (Å²) in [4.78, 5) is 4.80. The van der Waals surface area contributed by atoms with Crippen LogP contribution in [-0.4, -0.2) is 8.42 Å². The van der Waals surface area contributed by atoms with Crippen LogP contribution < -0.4 is 4.84 Å². The van der Waals surface area contributed by atoms with Gasteiger partial charge in [-0.15, -0.1) is 0 Å². The third-order valence-electron chi connectivity index (χ3n) is 1.79. The third-order valence-corrected chi connectivity index (χ3v) is 1.99. The molecule has 0 radical (unpaired) electrons. The molecule has 0 saturated carbocycles. The lowest BCUT2D eigenvalue weighted by Gasteiger charge is -2.06. The molecule has 0 heterocycles. The van der Waals surface area contributed by atoms with Crippen LogP contribution in [0.5, 0.6) is 5.75 Å². The quantitative estimate of drug-likeness (QED) is 0.706. The van der Waals surface area contributed by atoms with E-state index >= 15 is 0 Å². The number of aryl methyl sites for hydroxylation is 3. The maximum Gasteiger partial charge on any atom is 0.349 e. The highest BCUT2D eigenvalue weighted by Crippen LogP contribution is 2.24. The predicted octanol–water partition coefficient (Wildman–Crippen LogP) is 1.97. The minimum Gasteiger partial charge on any atom is -0.342 e. The van der Waals surface area contributed by atoms with Crippen LogP contribution in [0.2, 0.25) is 0 Å². The molecule has 14 heavy (non-hydrogen) atoms. The Morgan fingerprint density at radius 3 is 2.07 bits per heavy atom. The van der Waals surface area contributed by atoms with Gasteiger partial charge in [-0.1, -0.05) is 17.7 Å². The molecule has 0 atom stereocenters. The van der Waals surface area contributed by atoms with Crippen molar-refractivity contribution >= 4 is 10.5 Å². The summed E-state index contributed by atoms with van der Waals surface area (Å²) in [6, 6.07) is 3.82. The lowest BCUT2D eigenvalue weighted by Crippen LogP contribution is -1.91. The molecule has 76 valence electrons. The SMILES string of the molecule is Cc1cc(C)c(ON=S(=O)=O)c(C)c1. The number of hydrogen-bond donors (Lipinski definition) is 0. The summed E-state index contributed by atoms with van der Waals surface area (Å²) in [6.07, 6.45) is 0. The third kappa shape index (κ3) is 2.56. The number of benzene rings is 1. The van der Waals surface area contributed by atoms with Crippen LogP contribution >= 0.6 is 0 Å². The first-order valence-corrected chi connectivity index (χ1v) is 5.09. The van der Waals surface area contributed by atoms with Gasteiger partial charge in [-0.25, -0.2) is 0 Å². The van der Waals surface area contributed by atoms with Crippen LogP contribution in [0.15, 0.2) is 16.7 Å². The highest BCUT2D eigenvalue weighted by Gasteiger charge is 2.04. The Kier molecular flexibility index (Phi) is 3.24. The van der Waals surface area contributed by atoms with Crippen LogP contribution in [0.1, 0.15) is 16.7 Å². The first kappa shape index (κ1) is 10.7. The van der Waals surface area contributed by atoms with Crippen molar-refractivity contribution in [2.24, 2.45) is 4.53 Å². The van der Waals surface area contributed by atoms with E-state index in [0.29, 0.717) is 5.75 Å². The molecule has 0 aliphatic rings. The summed E-state index contributed by atoms with van der Waals surface area (Å²) in [5, 5.41) is 0. The molecular formula is C9H11NO3S. The maximum atomic E-state index is 10.2. The number of hydrogen-bond acceptors (Lipinski definition) is 4. The van der Waals surface area contributed by atoms with Crippen molar-refractivity contribution < 1.29 is 13.3 Å². The van der Waals surface area contributed by atoms with Crippen molar-refractivity contribution in [1.29, 1.82) is 0 Å². The fourth-order valence-corrected chi connectivity index (χ4v) is 1.51. The van der Waals surface area contributed by atoms with Gasteiger partial charge in [0.1, 0.15) is 0 Å². The van der Waals surface area contributed by atoms with Crippen molar-refractivity contribution in [1.82, 2.24) is 0 Å². The molecule has 0 amide bonds. The summed E-state index contributed by atoms with van der Waals surface area (Å²) in [5.74, 6) is 0.500. The molecule has 0 unspecified atom stereocenters. The van der Waals surface area contributed by atoms with Gasteiger partial charge in [-0.2, -0.15) is 8.42 Å². The smallest absolute Gasteiger partial charge is 0.342 e. The van der Waals surface area contributed by atoms with E-state index in [-0.39, 0.29) is 0 Å². The van der Waals surface area contributed by atoms with Crippen LogP contribution in [0.3, 0.4) is 0 Å². The summed E-state index contributed by atoms with van der Waals surface area (Å²) in [6.45, 7) is 5.66. The monoisotopic (exact) mass is 213 g/mol. The first-order valence-electron chi connectivity index (χ1n) is 4.06. The summed E-state index contributed by atoms with van der Waals surface area (Å²) in [5.41, 5.74) is 2.85. The molecule has 0 N–H and O–H groups in total. The molecule has 0 aliphatic carbocycles. The van der Waals surface area contributed by atoms with Gasteiger partial charge in [0.2, 0.25) is 0 Å². The van der Waals surface area contributed by atoms with Gasteiger partial charge in [0, 0.05) is 4.53 Å². The van der Waals surface area contributed by atoms with E-state index in [9.17, 15) is 8.42 Å². The zero-order valence-corrected chi connectivity index (χ0v) is 9.05. The summed E-state index contributed by atoms with van der Waals surface area (Å²) < 4.78 is 23.3. The molecule has 0 saturated heterocycles. The van der Waals surface area contributed by atoms with E-state index in [0.717, 1.165) is 16.7 Å². The molecular weight excluding hydrogens is 202 g/mol. The summed E-state index contributed by atoms with van der Waals surface area (Å²) >= 11 is 0. The Bertz CT molecular complexity index is 446. The number of rotatable bonds is 2. The standard InChI is InChI=1S/C9H11NO3S/c1-6-4-7(2)9(8(3)5-6)13-10-14(11)12/h4-5H,1-3H3. The van der Waals surface area contributed by atoms with E-state index in [4.69, 9.17) is 4.84 Å². The molecule has 1 aromatic carbocycles. The van der Waals surface area contributed by atoms with E-state index in [2.05, 4.69) is 4.53 Å². The van der Waals surface area contributed by atoms with Gasteiger partial charge in [0.15, 0.2) is 5.75 Å². The van der Waals surface area contributed by atoms with E-state index in [1.807, 2.05) is 32.9 Å². The zero-order chi connectivity index (χ0) is 10.7. The van der Waals surface area contributed by atoms with Crippen molar-refractivity contribution in [3.05, 3.63) is 28.8 Å². The molecule has 0 fully saturated rings. The largest absolute Gasteiger partial charge is 0.349 e. The van der Waals surface area contributed by atoms with Crippen LogP contribution in [0.4, 0.5) is 0 Å². The van der Waals surface area contributed by atoms with E-state index in [1.54, 1.807) is 0 Å². The Morgan fingerprint density at radius 1 is 1.14 bits per heavy atom. The fraction of sp³-hybridized carbons (Fsp3) is 0.333. The maximum absolute atomic E-state index is 10.2. The first-order chi connectivity index (χ1) is 6.50. The second kappa shape index (κ2) is 4.23. The van der Waals surface area contributed by atoms with Crippen LogP contribution in [0, 0.1) is 20.8 Å². The number of nitrogens with zero attached hydrogens (tertiary/aromatic N) is 1. The Morgan fingerprint density at radius 2 is 1.64 bits per heavy atom. The van der Waals surface area contributed by atoms with E-state index in [1.165, 1.54) is 0 Å². The highest BCUT2D eigenvalue weighted by atomic mass is 32.2. The van der Waals surface area contributed by atoms with Crippen molar-refractivity contribution in [2.75, 3.05) is 0 Å². The fourth-order valence-electron chi connectivity index (χ4n) is 1.38. The predicted molar refractivity (Wildman–Crippen MR) is 52.6 cm³/mol.